The van der Waals surface area contributed by atoms with Gasteiger partial charge in [0.05, 0.1) is 0 Å². The van der Waals surface area contributed by atoms with Crippen molar-refractivity contribution in [1.29, 1.82) is 0 Å². The first kappa shape index (κ1) is 46.1. The second-order valence-electron chi connectivity index (χ2n) is 24.2. The maximum absolute atomic E-state index is 4.33. The Morgan fingerprint density at radius 2 is 1.01 bits per heavy atom. The molecule has 0 spiro atoms. The number of rotatable bonds is 7. The largest absolute Gasteiger partial charge is 0.311 e. The van der Waals surface area contributed by atoms with Gasteiger partial charge in [-0.25, -0.2) is 0 Å². The zero-order chi connectivity index (χ0) is 50.2. The van der Waals surface area contributed by atoms with E-state index in [9.17, 15) is 0 Å². The number of para-hydroxylation sites is 2. The Morgan fingerprint density at radius 3 is 1.65 bits per heavy atom. The topological polar surface area (TPSA) is 9.72 Å². The van der Waals surface area contributed by atoms with Crippen molar-refractivity contribution >= 4 is 80.4 Å². The van der Waals surface area contributed by atoms with E-state index in [1.807, 2.05) is 6.08 Å². The molecule has 3 nitrogen and oxygen atoms in total. The highest BCUT2D eigenvalue weighted by Crippen LogP contribution is 2.55. The third-order valence-corrected chi connectivity index (χ3v) is 17.3. The summed E-state index contributed by atoms with van der Waals surface area (Å²) in [6, 6.07) is 60.2. The Kier molecular flexibility index (Phi) is 10.4. The van der Waals surface area contributed by atoms with Gasteiger partial charge in [-0.15, -0.1) is 0 Å². The van der Waals surface area contributed by atoms with Crippen molar-refractivity contribution in [3.63, 3.8) is 0 Å². The summed E-state index contributed by atoms with van der Waals surface area (Å²) < 4.78 is 0. The minimum absolute atomic E-state index is 0.0184. The van der Waals surface area contributed by atoms with Gasteiger partial charge in [-0.05, 0) is 207 Å². The van der Waals surface area contributed by atoms with Crippen LogP contribution in [0, 0.1) is 20.8 Å². The van der Waals surface area contributed by atoms with Crippen LogP contribution in [0.1, 0.15) is 119 Å². The van der Waals surface area contributed by atoms with Crippen LogP contribution in [0.3, 0.4) is 0 Å². The Bertz CT molecular complexity index is 3480. The van der Waals surface area contributed by atoms with Crippen molar-refractivity contribution in [3.8, 4) is 11.1 Å². The van der Waals surface area contributed by atoms with Gasteiger partial charge in [-0.1, -0.05) is 153 Å². The van der Waals surface area contributed by atoms with Gasteiger partial charge in [0.2, 0.25) is 0 Å². The van der Waals surface area contributed by atoms with Crippen LogP contribution in [0.5, 0.6) is 0 Å². The fourth-order valence-corrected chi connectivity index (χ4v) is 13.8. The number of benzene rings is 8. The molecule has 8 aromatic rings. The Labute approximate surface area is 430 Å². The van der Waals surface area contributed by atoms with E-state index in [4.69, 9.17) is 0 Å². The molecule has 0 fully saturated rings. The molecule has 12 rings (SSSR count). The molecular weight excluding hydrogens is 870 g/mol. The highest BCUT2D eigenvalue weighted by molar-refractivity contribution is 7.00. The monoisotopic (exact) mass is 938 g/mol. The summed E-state index contributed by atoms with van der Waals surface area (Å²) in [6.45, 7) is 30.9. The molecule has 0 saturated carbocycles. The van der Waals surface area contributed by atoms with Crippen molar-refractivity contribution in [2.75, 3.05) is 14.7 Å². The van der Waals surface area contributed by atoms with Crippen molar-refractivity contribution < 1.29 is 0 Å². The van der Waals surface area contributed by atoms with Gasteiger partial charge >= 0.3 is 0 Å². The normalized spacial score (nSPS) is 17.1. The first-order valence-electron chi connectivity index (χ1n) is 26.3. The average Bonchev–Trinajstić information content (AvgIpc) is 3.54. The number of aryl methyl sites for hydroxylation is 3. The third-order valence-electron chi connectivity index (χ3n) is 17.3. The number of hydrogen-bond acceptors (Lipinski definition) is 3. The standard InChI is InChI=1S/C68H68BN3/c1-13-46-28-29-49(37-52(46)51-27-21-20-22-44(51)3)71-60-38-50(70(47-23-16-14-17-24-47)48-25-18-15-19-26-48)30-31-57(60)69-58-39-54-56(68(11,12)42-67(54,9)10)41-61(58)72(63-35-43(2)34-62(71)64(63)69)59-40-55-53(36-45(59)4)65(5,6)32-33-66(55,7)8/h13-31,34-41H,1,32-33,42H2,2-12H3. The van der Waals surface area contributed by atoms with Crippen molar-refractivity contribution in [3.05, 3.63) is 209 Å². The molecular formula is C68H68BN3. The van der Waals surface area contributed by atoms with E-state index in [-0.39, 0.29) is 28.4 Å². The quantitative estimate of drug-likeness (QED) is 0.147. The summed E-state index contributed by atoms with van der Waals surface area (Å²) in [5.41, 5.74) is 28.3. The SMILES string of the molecule is C=Cc1ccc(N2c3cc(N(c4ccccc4)c4ccccc4)ccc3B3c4cc5c(cc4N(c4cc6c(cc4C)C(C)(C)CCC6(C)C)c4cc(C)cc2c43)C(C)(C)CC5(C)C)cc1-c1ccccc1C. The summed E-state index contributed by atoms with van der Waals surface area (Å²) in [5, 5.41) is 0. The number of hydrogen-bond donors (Lipinski definition) is 0. The lowest BCUT2D eigenvalue weighted by Crippen LogP contribution is -2.61. The van der Waals surface area contributed by atoms with E-state index < -0.39 is 0 Å². The molecule has 72 heavy (non-hydrogen) atoms. The van der Waals surface area contributed by atoms with E-state index in [1.54, 1.807) is 0 Å². The maximum atomic E-state index is 4.33. The molecule has 2 aliphatic heterocycles. The van der Waals surface area contributed by atoms with Gasteiger partial charge in [0.1, 0.15) is 0 Å². The van der Waals surface area contributed by atoms with Crippen LogP contribution in [0.25, 0.3) is 17.2 Å². The first-order valence-corrected chi connectivity index (χ1v) is 26.3. The van der Waals surface area contributed by atoms with Crippen LogP contribution in [0.4, 0.5) is 51.2 Å². The van der Waals surface area contributed by atoms with Gasteiger partial charge in [0.15, 0.2) is 0 Å². The van der Waals surface area contributed by atoms with Crippen LogP contribution in [-0.2, 0) is 21.7 Å². The summed E-state index contributed by atoms with van der Waals surface area (Å²) in [4.78, 5) is 7.71. The van der Waals surface area contributed by atoms with Crippen molar-refractivity contribution in [1.82, 2.24) is 0 Å². The second kappa shape index (κ2) is 16.2. The summed E-state index contributed by atoms with van der Waals surface area (Å²) in [6.07, 6.45) is 5.47. The van der Waals surface area contributed by atoms with E-state index in [1.165, 1.54) is 108 Å². The fraction of sp³-hybridized carbons (Fsp3) is 0.265. The molecule has 8 aromatic carbocycles. The minimum atomic E-state index is -0.0227. The van der Waals surface area contributed by atoms with E-state index in [0.717, 1.165) is 34.7 Å². The Morgan fingerprint density at radius 1 is 0.458 bits per heavy atom. The molecule has 4 aliphatic rings. The lowest BCUT2D eigenvalue weighted by atomic mass is 9.33. The highest BCUT2D eigenvalue weighted by Gasteiger charge is 2.49. The van der Waals surface area contributed by atoms with Crippen molar-refractivity contribution in [2.45, 2.75) is 117 Å². The molecule has 0 radical (unpaired) electrons. The molecule has 4 heteroatoms. The first-order chi connectivity index (χ1) is 34.4. The van der Waals surface area contributed by atoms with E-state index in [0.29, 0.717) is 0 Å². The molecule has 0 aromatic heterocycles. The van der Waals surface area contributed by atoms with E-state index >= 15 is 0 Å². The van der Waals surface area contributed by atoms with Gasteiger partial charge in [0.25, 0.3) is 6.71 Å². The maximum Gasteiger partial charge on any atom is 0.252 e. The molecule has 0 N–H and O–H groups in total. The second-order valence-corrected chi connectivity index (χ2v) is 24.2. The summed E-state index contributed by atoms with van der Waals surface area (Å²) in [7, 11) is 0. The van der Waals surface area contributed by atoms with Crippen LogP contribution in [0.2, 0.25) is 0 Å². The molecule has 2 aliphatic carbocycles. The predicted octanol–water partition coefficient (Wildman–Crippen LogP) is 16.8. The van der Waals surface area contributed by atoms with Crippen LogP contribution < -0.4 is 31.1 Å². The number of anilines is 9. The zero-order valence-electron chi connectivity index (χ0n) is 44.3. The number of nitrogens with zero attached hydrogens (tertiary/aromatic N) is 3. The molecule has 0 saturated heterocycles. The van der Waals surface area contributed by atoms with Gasteiger partial charge in [-0.2, -0.15) is 0 Å². The smallest absolute Gasteiger partial charge is 0.252 e. The Hall–Kier alpha value is -7.04. The van der Waals surface area contributed by atoms with E-state index in [2.05, 4.69) is 255 Å². The van der Waals surface area contributed by atoms with Gasteiger partial charge < -0.3 is 14.7 Å². The lowest BCUT2D eigenvalue weighted by molar-refractivity contribution is 0.332. The zero-order valence-corrected chi connectivity index (χ0v) is 44.3. The van der Waals surface area contributed by atoms with Crippen molar-refractivity contribution in [2.24, 2.45) is 0 Å². The molecule has 0 unspecified atom stereocenters. The van der Waals surface area contributed by atoms with Crippen LogP contribution in [-0.4, -0.2) is 6.71 Å². The fourth-order valence-electron chi connectivity index (χ4n) is 13.8. The molecule has 0 bridgehead atoms. The van der Waals surface area contributed by atoms with Gasteiger partial charge in [-0.3, -0.25) is 0 Å². The molecule has 0 amide bonds. The molecule has 358 valence electrons. The summed E-state index contributed by atoms with van der Waals surface area (Å²) >= 11 is 0. The molecule has 2 heterocycles. The number of fused-ring (bicyclic) bond motifs is 6. The molecule has 0 atom stereocenters. The van der Waals surface area contributed by atoms with Gasteiger partial charge in [0, 0.05) is 51.2 Å². The lowest BCUT2D eigenvalue weighted by Gasteiger charge is -2.46. The third kappa shape index (κ3) is 7.07. The minimum Gasteiger partial charge on any atom is -0.311 e. The predicted molar refractivity (Wildman–Crippen MR) is 311 cm³/mol. The Balaban J connectivity index is 1.19. The highest BCUT2D eigenvalue weighted by atomic mass is 15.2. The summed E-state index contributed by atoms with van der Waals surface area (Å²) in [5.74, 6) is 0. The van der Waals surface area contributed by atoms with Crippen LogP contribution >= 0.6 is 0 Å². The average molecular weight is 938 g/mol. The van der Waals surface area contributed by atoms with Crippen LogP contribution in [0.15, 0.2) is 164 Å².